The Balaban J connectivity index is 2.57. The average molecular weight is 346 g/mol. The van der Waals surface area contributed by atoms with Crippen LogP contribution < -0.4 is 5.43 Å². The molecule has 0 fully saturated rings. The first kappa shape index (κ1) is 19.5. The third-order valence-corrected chi connectivity index (χ3v) is 5.38. The van der Waals surface area contributed by atoms with Gasteiger partial charge in [0.15, 0.2) is 11.2 Å². The van der Waals surface area contributed by atoms with Gasteiger partial charge < -0.3 is 9.15 Å². The molecular formula is C21H30O4. The summed E-state index contributed by atoms with van der Waals surface area (Å²) in [5.74, 6) is 1.86. The third-order valence-electron chi connectivity index (χ3n) is 5.38. The van der Waals surface area contributed by atoms with Gasteiger partial charge in [-0.05, 0) is 33.6 Å². The van der Waals surface area contributed by atoms with E-state index in [1.54, 1.807) is 13.8 Å². The molecule has 1 aromatic rings. The number of hydrogen-bond acceptors (Lipinski definition) is 4. The van der Waals surface area contributed by atoms with Crippen LogP contribution in [0.3, 0.4) is 0 Å². The maximum atomic E-state index is 12.7. The van der Waals surface area contributed by atoms with E-state index in [9.17, 15) is 9.59 Å². The smallest absolute Gasteiger partial charge is 0.191 e. The van der Waals surface area contributed by atoms with Crippen molar-refractivity contribution in [3.05, 3.63) is 44.2 Å². The SMILES string of the molecule is CCc1oc([C@H](C)C2=C(C)C(=O)[C@@H](C)[C@H](C(C)C)O2)c(C)c(=O)c1C. The summed E-state index contributed by atoms with van der Waals surface area (Å²) in [5.41, 5.74) is 1.91. The molecule has 25 heavy (non-hydrogen) atoms. The van der Waals surface area contributed by atoms with Gasteiger partial charge in [-0.2, -0.15) is 0 Å². The number of allylic oxidation sites excluding steroid dienone is 2. The third kappa shape index (κ3) is 3.31. The molecule has 0 amide bonds. The van der Waals surface area contributed by atoms with Gasteiger partial charge in [0.25, 0.3) is 0 Å². The highest BCUT2D eigenvalue weighted by Gasteiger charge is 2.38. The van der Waals surface area contributed by atoms with E-state index >= 15 is 0 Å². The summed E-state index contributed by atoms with van der Waals surface area (Å²) in [4.78, 5) is 25.2. The summed E-state index contributed by atoms with van der Waals surface area (Å²) in [6.07, 6.45) is 0.502. The lowest BCUT2D eigenvalue weighted by Crippen LogP contribution is -2.38. The number of ether oxygens (including phenoxy) is 1. The molecule has 0 spiro atoms. The molecule has 1 aliphatic heterocycles. The number of ketones is 1. The molecule has 0 unspecified atom stereocenters. The Morgan fingerprint density at radius 2 is 1.64 bits per heavy atom. The van der Waals surface area contributed by atoms with E-state index < -0.39 is 0 Å². The molecule has 4 nitrogen and oxygen atoms in total. The highest BCUT2D eigenvalue weighted by Crippen LogP contribution is 2.37. The predicted molar refractivity (Wildman–Crippen MR) is 98.8 cm³/mol. The number of aryl methyl sites for hydroxylation is 1. The summed E-state index contributed by atoms with van der Waals surface area (Å²) in [6.45, 7) is 15.3. The molecule has 2 rings (SSSR count). The van der Waals surface area contributed by atoms with Crippen molar-refractivity contribution in [3.63, 3.8) is 0 Å². The van der Waals surface area contributed by atoms with E-state index in [-0.39, 0.29) is 35.1 Å². The summed E-state index contributed by atoms with van der Waals surface area (Å²) in [6, 6.07) is 0. The quantitative estimate of drug-likeness (QED) is 0.808. The first-order valence-electron chi connectivity index (χ1n) is 9.16. The zero-order chi connectivity index (χ0) is 19.0. The van der Waals surface area contributed by atoms with Gasteiger partial charge in [-0.3, -0.25) is 9.59 Å². The van der Waals surface area contributed by atoms with Gasteiger partial charge in [0, 0.05) is 23.1 Å². The van der Waals surface area contributed by atoms with Gasteiger partial charge >= 0.3 is 0 Å². The van der Waals surface area contributed by atoms with E-state index in [0.717, 1.165) is 0 Å². The zero-order valence-corrected chi connectivity index (χ0v) is 16.6. The lowest BCUT2D eigenvalue weighted by Gasteiger charge is -2.36. The lowest BCUT2D eigenvalue weighted by atomic mass is 9.83. The van der Waals surface area contributed by atoms with Crippen molar-refractivity contribution in [2.75, 3.05) is 0 Å². The molecule has 0 aliphatic carbocycles. The normalized spacial score (nSPS) is 22.4. The second-order valence-electron chi connectivity index (χ2n) is 7.51. The largest absolute Gasteiger partial charge is 0.493 e. The Hall–Kier alpha value is -1.84. The second kappa shape index (κ2) is 7.19. The summed E-state index contributed by atoms with van der Waals surface area (Å²) in [7, 11) is 0. The number of carbonyl (C=O) groups excluding carboxylic acids is 1. The standard InChI is InChI=1S/C21H30O4/c1-9-16-11(4)17(22)13(6)20(24-16)15(8)21-14(7)18(23)12(5)19(25-21)10(2)3/h10,12,15,19H,9H2,1-8H3/t12-,15+,19+/m1/s1. The minimum atomic E-state index is -0.267. The van der Waals surface area contributed by atoms with Gasteiger partial charge in [-0.15, -0.1) is 0 Å². The van der Waals surface area contributed by atoms with Crippen molar-refractivity contribution in [1.82, 2.24) is 0 Å². The molecule has 3 atom stereocenters. The summed E-state index contributed by atoms with van der Waals surface area (Å²) >= 11 is 0. The fourth-order valence-electron chi connectivity index (χ4n) is 3.76. The molecule has 0 saturated carbocycles. The fraction of sp³-hybridized carbons (Fsp3) is 0.619. The number of carbonyl (C=O) groups is 1. The monoisotopic (exact) mass is 346 g/mol. The minimum Gasteiger partial charge on any atom is -0.493 e. The van der Waals surface area contributed by atoms with Crippen LogP contribution in [0.4, 0.5) is 0 Å². The zero-order valence-electron chi connectivity index (χ0n) is 16.6. The van der Waals surface area contributed by atoms with Crippen molar-refractivity contribution in [2.45, 2.75) is 73.8 Å². The van der Waals surface area contributed by atoms with Gasteiger partial charge in [-0.1, -0.05) is 27.7 Å². The Morgan fingerprint density at radius 3 is 2.16 bits per heavy atom. The Bertz CT molecular complexity index is 767. The van der Waals surface area contributed by atoms with E-state index in [1.165, 1.54) is 0 Å². The van der Waals surface area contributed by atoms with Crippen LogP contribution in [-0.4, -0.2) is 11.9 Å². The van der Waals surface area contributed by atoms with Gasteiger partial charge in [0.2, 0.25) is 0 Å². The van der Waals surface area contributed by atoms with Crippen molar-refractivity contribution in [1.29, 1.82) is 0 Å². The van der Waals surface area contributed by atoms with E-state index in [1.807, 2.05) is 27.7 Å². The summed E-state index contributed by atoms with van der Waals surface area (Å²) in [5, 5.41) is 0. The van der Waals surface area contributed by atoms with Crippen molar-refractivity contribution in [3.8, 4) is 0 Å². The van der Waals surface area contributed by atoms with Crippen LogP contribution in [0, 0.1) is 25.7 Å². The number of Topliss-reactive ketones (excluding diaryl/α,β-unsaturated/α-hetero) is 1. The second-order valence-corrected chi connectivity index (χ2v) is 7.51. The molecule has 138 valence electrons. The molecule has 0 saturated heterocycles. The van der Waals surface area contributed by atoms with Crippen LogP contribution in [0.1, 0.15) is 70.1 Å². The van der Waals surface area contributed by atoms with E-state index in [4.69, 9.17) is 9.15 Å². The van der Waals surface area contributed by atoms with Crippen LogP contribution in [0.5, 0.6) is 0 Å². The van der Waals surface area contributed by atoms with Crippen LogP contribution in [0.2, 0.25) is 0 Å². The van der Waals surface area contributed by atoms with Gasteiger partial charge in [0.05, 0.1) is 11.8 Å². The molecule has 1 aliphatic rings. The van der Waals surface area contributed by atoms with Crippen molar-refractivity contribution in [2.24, 2.45) is 11.8 Å². The maximum Gasteiger partial charge on any atom is 0.191 e. The van der Waals surface area contributed by atoms with Crippen LogP contribution in [-0.2, 0) is 16.0 Å². The van der Waals surface area contributed by atoms with E-state index in [2.05, 4.69) is 13.8 Å². The molecule has 2 heterocycles. The van der Waals surface area contributed by atoms with Crippen molar-refractivity contribution >= 4 is 5.78 Å². The van der Waals surface area contributed by atoms with Gasteiger partial charge in [-0.25, -0.2) is 0 Å². The molecule has 0 N–H and O–H groups in total. The topological polar surface area (TPSA) is 56.5 Å². The lowest BCUT2D eigenvalue weighted by molar-refractivity contribution is -0.127. The fourth-order valence-corrected chi connectivity index (χ4v) is 3.76. The Kier molecular flexibility index (Phi) is 5.60. The predicted octanol–water partition coefficient (Wildman–Crippen LogP) is 4.46. The molecule has 0 radical (unpaired) electrons. The van der Waals surface area contributed by atoms with Crippen LogP contribution >= 0.6 is 0 Å². The van der Waals surface area contributed by atoms with Crippen molar-refractivity contribution < 1.29 is 13.9 Å². The molecule has 0 bridgehead atoms. The highest BCUT2D eigenvalue weighted by atomic mass is 16.5. The number of rotatable bonds is 4. The van der Waals surface area contributed by atoms with E-state index in [0.29, 0.717) is 40.4 Å². The first-order chi connectivity index (χ1) is 11.6. The number of hydrogen-bond donors (Lipinski definition) is 0. The average Bonchev–Trinajstić information content (AvgIpc) is 2.57. The Labute approximate surface area is 150 Å². The molecular weight excluding hydrogens is 316 g/mol. The van der Waals surface area contributed by atoms with Gasteiger partial charge in [0.1, 0.15) is 23.4 Å². The Morgan fingerprint density at radius 1 is 1.04 bits per heavy atom. The first-order valence-corrected chi connectivity index (χ1v) is 9.16. The molecule has 1 aromatic heterocycles. The minimum absolute atomic E-state index is 0.0131. The molecule has 4 heteroatoms. The summed E-state index contributed by atoms with van der Waals surface area (Å²) < 4.78 is 12.3. The highest BCUT2D eigenvalue weighted by molar-refractivity contribution is 5.98. The molecule has 0 aromatic carbocycles. The van der Waals surface area contributed by atoms with Crippen LogP contribution in [0.15, 0.2) is 20.5 Å². The maximum absolute atomic E-state index is 12.7. The van der Waals surface area contributed by atoms with Crippen LogP contribution in [0.25, 0.3) is 0 Å².